The Hall–Kier alpha value is -1.59. The first-order valence-electron chi connectivity index (χ1n) is 7.41. The number of rotatable bonds is 5. The summed E-state index contributed by atoms with van der Waals surface area (Å²) in [7, 11) is 0. The highest BCUT2D eigenvalue weighted by Crippen LogP contribution is 2.34. The van der Waals surface area contributed by atoms with Crippen LogP contribution in [-0.2, 0) is 19.1 Å². The molecule has 0 bridgehead atoms. The van der Waals surface area contributed by atoms with Gasteiger partial charge in [-0.1, -0.05) is 23.7 Å². The van der Waals surface area contributed by atoms with E-state index in [-0.39, 0.29) is 18.0 Å². The number of hydrogen-bond donors (Lipinski definition) is 1. The van der Waals surface area contributed by atoms with E-state index >= 15 is 0 Å². The van der Waals surface area contributed by atoms with Gasteiger partial charge < -0.3 is 9.47 Å². The Kier molecular flexibility index (Phi) is 5.80. The van der Waals surface area contributed by atoms with Gasteiger partial charge in [-0.2, -0.15) is 0 Å². The molecule has 2 rings (SSSR count). The molecule has 0 saturated carbocycles. The summed E-state index contributed by atoms with van der Waals surface area (Å²) in [6.07, 6.45) is 0.366. The molecule has 1 aromatic rings. The maximum absolute atomic E-state index is 12.2. The highest BCUT2D eigenvalue weighted by atomic mass is 35.5. The number of carbonyl (C=O) groups is 2. The maximum atomic E-state index is 12.2. The molecule has 1 aliphatic heterocycles. The van der Waals surface area contributed by atoms with Gasteiger partial charge in [0.2, 0.25) is 0 Å². The summed E-state index contributed by atoms with van der Waals surface area (Å²) in [5, 5.41) is 3.80. The van der Waals surface area contributed by atoms with Crippen molar-refractivity contribution in [2.75, 3.05) is 13.2 Å². The van der Waals surface area contributed by atoms with Gasteiger partial charge >= 0.3 is 11.9 Å². The lowest BCUT2D eigenvalue weighted by Gasteiger charge is -2.18. The zero-order valence-corrected chi connectivity index (χ0v) is 13.4. The van der Waals surface area contributed by atoms with Crippen LogP contribution in [0.3, 0.4) is 0 Å². The second kappa shape index (κ2) is 7.61. The van der Waals surface area contributed by atoms with E-state index in [1.165, 1.54) is 0 Å². The third-order valence-corrected chi connectivity index (χ3v) is 3.91. The van der Waals surface area contributed by atoms with Crippen molar-refractivity contribution in [3.05, 3.63) is 34.9 Å². The van der Waals surface area contributed by atoms with E-state index in [2.05, 4.69) is 5.32 Å². The van der Waals surface area contributed by atoms with Crippen molar-refractivity contribution in [1.82, 2.24) is 5.32 Å². The summed E-state index contributed by atoms with van der Waals surface area (Å²) >= 11 is 5.90. The molecule has 3 unspecified atom stereocenters. The molecule has 3 atom stereocenters. The number of ether oxygens (including phenoxy) is 2. The summed E-state index contributed by atoms with van der Waals surface area (Å²) in [4.78, 5) is 24.1. The first kappa shape index (κ1) is 16.8. The van der Waals surface area contributed by atoms with E-state index in [9.17, 15) is 9.59 Å². The second-order valence-electron chi connectivity index (χ2n) is 5.09. The minimum absolute atomic E-state index is 0.286. The Morgan fingerprint density at radius 1 is 1.14 bits per heavy atom. The minimum Gasteiger partial charge on any atom is -0.466 e. The fourth-order valence-electron chi connectivity index (χ4n) is 2.68. The monoisotopic (exact) mass is 325 g/mol. The van der Waals surface area contributed by atoms with Crippen LogP contribution in [0.15, 0.2) is 24.3 Å². The van der Waals surface area contributed by atoms with E-state index in [4.69, 9.17) is 21.1 Å². The Morgan fingerprint density at radius 3 is 2.32 bits per heavy atom. The van der Waals surface area contributed by atoms with Crippen molar-refractivity contribution in [3.63, 3.8) is 0 Å². The number of esters is 2. The lowest BCUT2D eigenvalue weighted by atomic mass is 9.93. The van der Waals surface area contributed by atoms with Crippen LogP contribution in [0.1, 0.15) is 31.9 Å². The topological polar surface area (TPSA) is 64.6 Å². The largest absolute Gasteiger partial charge is 0.466 e. The molecule has 0 amide bonds. The molecule has 1 heterocycles. The molecule has 0 radical (unpaired) electrons. The summed E-state index contributed by atoms with van der Waals surface area (Å²) in [6.45, 7) is 4.15. The van der Waals surface area contributed by atoms with Crippen LogP contribution in [-0.4, -0.2) is 31.2 Å². The fraction of sp³-hybridized carbons (Fsp3) is 0.500. The van der Waals surface area contributed by atoms with Gasteiger partial charge in [0.05, 0.1) is 19.1 Å². The zero-order valence-electron chi connectivity index (χ0n) is 12.7. The smallest absolute Gasteiger partial charge is 0.323 e. The Morgan fingerprint density at radius 2 is 1.73 bits per heavy atom. The molecule has 0 spiro atoms. The van der Waals surface area contributed by atoms with Gasteiger partial charge in [-0.15, -0.1) is 0 Å². The predicted octanol–water partition coefficient (Wildman–Crippen LogP) is 2.49. The van der Waals surface area contributed by atoms with Crippen molar-refractivity contribution in [2.45, 2.75) is 32.4 Å². The van der Waals surface area contributed by atoms with E-state index < -0.39 is 12.0 Å². The first-order chi connectivity index (χ1) is 10.6. The van der Waals surface area contributed by atoms with E-state index in [1.54, 1.807) is 26.0 Å². The van der Waals surface area contributed by atoms with Gasteiger partial charge in [0, 0.05) is 11.1 Å². The van der Waals surface area contributed by atoms with Crippen LogP contribution in [0, 0.1) is 5.92 Å². The highest BCUT2D eigenvalue weighted by Gasteiger charge is 2.43. The Labute approximate surface area is 134 Å². The third kappa shape index (κ3) is 3.78. The van der Waals surface area contributed by atoms with Gasteiger partial charge in [0.25, 0.3) is 0 Å². The van der Waals surface area contributed by atoms with Crippen molar-refractivity contribution >= 4 is 23.5 Å². The average Bonchev–Trinajstić information content (AvgIpc) is 2.94. The lowest BCUT2D eigenvalue weighted by Crippen LogP contribution is -2.33. The molecular weight excluding hydrogens is 306 g/mol. The molecule has 0 aliphatic carbocycles. The van der Waals surface area contributed by atoms with Crippen LogP contribution < -0.4 is 5.32 Å². The number of carbonyl (C=O) groups excluding carboxylic acids is 2. The molecule has 1 aliphatic rings. The van der Waals surface area contributed by atoms with Crippen LogP contribution >= 0.6 is 11.6 Å². The number of hydrogen-bond acceptors (Lipinski definition) is 5. The first-order valence-corrected chi connectivity index (χ1v) is 7.79. The Balaban J connectivity index is 2.21. The quantitative estimate of drug-likeness (QED) is 0.843. The molecule has 1 saturated heterocycles. The molecule has 22 heavy (non-hydrogen) atoms. The number of benzene rings is 1. The molecule has 6 heteroatoms. The minimum atomic E-state index is -0.505. The van der Waals surface area contributed by atoms with E-state index in [0.717, 1.165) is 5.56 Å². The van der Waals surface area contributed by atoms with Gasteiger partial charge in [-0.25, -0.2) is 0 Å². The molecule has 1 fully saturated rings. The summed E-state index contributed by atoms with van der Waals surface area (Å²) in [5.41, 5.74) is 0.897. The molecule has 1 aromatic carbocycles. The van der Waals surface area contributed by atoms with Gasteiger partial charge in [-0.05, 0) is 38.0 Å². The highest BCUT2D eigenvalue weighted by molar-refractivity contribution is 6.30. The van der Waals surface area contributed by atoms with Gasteiger partial charge in [0.1, 0.15) is 6.04 Å². The van der Waals surface area contributed by atoms with Crippen LogP contribution in [0.5, 0.6) is 0 Å². The predicted molar refractivity (Wildman–Crippen MR) is 82.5 cm³/mol. The SMILES string of the molecule is CCOC(=O)C1CC(C(=O)OCC)C(c2ccc(Cl)cc2)N1. The van der Waals surface area contributed by atoms with Crippen molar-refractivity contribution < 1.29 is 19.1 Å². The molecular formula is C16H20ClNO4. The third-order valence-electron chi connectivity index (χ3n) is 3.66. The fourth-order valence-corrected chi connectivity index (χ4v) is 2.80. The zero-order chi connectivity index (χ0) is 16.1. The van der Waals surface area contributed by atoms with Crippen molar-refractivity contribution in [2.24, 2.45) is 5.92 Å². The normalized spacial score (nSPS) is 24.0. The van der Waals surface area contributed by atoms with Gasteiger partial charge in [0.15, 0.2) is 0 Å². The van der Waals surface area contributed by atoms with Crippen LogP contribution in [0.25, 0.3) is 0 Å². The molecule has 0 aromatic heterocycles. The molecule has 5 nitrogen and oxygen atoms in total. The number of nitrogens with one attached hydrogen (secondary N) is 1. The van der Waals surface area contributed by atoms with E-state index in [0.29, 0.717) is 24.7 Å². The van der Waals surface area contributed by atoms with Crippen molar-refractivity contribution in [3.8, 4) is 0 Å². The maximum Gasteiger partial charge on any atom is 0.323 e. The summed E-state index contributed by atoms with van der Waals surface area (Å²) < 4.78 is 10.2. The summed E-state index contributed by atoms with van der Waals surface area (Å²) in [5.74, 6) is -1.06. The standard InChI is InChI=1S/C16H20ClNO4/c1-3-21-15(19)12-9-13(16(20)22-4-2)18-14(12)10-5-7-11(17)8-6-10/h5-8,12-14,18H,3-4,9H2,1-2H3. The lowest BCUT2D eigenvalue weighted by molar-refractivity contribution is -0.148. The van der Waals surface area contributed by atoms with Crippen LogP contribution in [0.2, 0.25) is 5.02 Å². The van der Waals surface area contributed by atoms with E-state index in [1.807, 2.05) is 12.1 Å². The molecule has 120 valence electrons. The second-order valence-corrected chi connectivity index (χ2v) is 5.53. The van der Waals surface area contributed by atoms with Crippen molar-refractivity contribution in [1.29, 1.82) is 0 Å². The van der Waals surface area contributed by atoms with Gasteiger partial charge in [-0.3, -0.25) is 14.9 Å². The summed E-state index contributed by atoms with van der Waals surface area (Å²) in [6, 6.07) is 6.43. The number of halogens is 1. The average molecular weight is 326 g/mol. The molecule has 1 N–H and O–H groups in total. The van der Waals surface area contributed by atoms with Crippen LogP contribution in [0.4, 0.5) is 0 Å². The Bertz CT molecular complexity index is 531.